The summed E-state index contributed by atoms with van der Waals surface area (Å²) in [5.74, 6) is 0. The van der Waals surface area contributed by atoms with Crippen molar-refractivity contribution in [3.8, 4) is 0 Å². The summed E-state index contributed by atoms with van der Waals surface area (Å²) in [7, 11) is 0. The van der Waals surface area contributed by atoms with E-state index in [9.17, 15) is 9.59 Å². The van der Waals surface area contributed by atoms with Crippen LogP contribution in [-0.2, 0) is 9.53 Å². The lowest BCUT2D eigenvalue weighted by Gasteiger charge is -2.35. The van der Waals surface area contributed by atoms with Crippen molar-refractivity contribution in [1.82, 2.24) is 4.90 Å². The van der Waals surface area contributed by atoms with Crippen LogP contribution in [0.5, 0.6) is 0 Å². The van der Waals surface area contributed by atoms with E-state index in [1.54, 1.807) is 11.8 Å². The second-order valence-corrected chi connectivity index (χ2v) is 6.41. The monoisotopic (exact) mass is 269 g/mol. The van der Waals surface area contributed by atoms with Crippen molar-refractivity contribution in [2.75, 3.05) is 0 Å². The second-order valence-electron chi connectivity index (χ2n) is 6.41. The molecule has 0 radical (unpaired) electrons. The molecule has 1 aliphatic rings. The number of ether oxygens (including phenoxy) is 1. The zero-order valence-electron chi connectivity index (χ0n) is 12.6. The highest BCUT2D eigenvalue weighted by Crippen LogP contribution is 2.25. The molecule has 1 aliphatic carbocycles. The minimum atomic E-state index is -0.525. The summed E-state index contributed by atoms with van der Waals surface area (Å²) in [5.41, 5.74) is -0.525. The normalized spacial score (nSPS) is 19.4. The number of nitrogens with zero attached hydrogens (tertiary/aromatic N) is 1. The summed E-state index contributed by atoms with van der Waals surface area (Å²) >= 11 is 0. The van der Waals surface area contributed by atoms with Gasteiger partial charge in [-0.2, -0.15) is 0 Å². The first-order valence-electron chi connectivity index (χ1n) is 7.32. The number of aldehydes is 1. The third-order valence-electron chi connectivity index (χ3n) is 3.46. The van der Waals surface area contributed by atoms with Crippen LogP contribution >= 0.6 is 0 Å². The van der Waals surface area contributed by atoms with Crippen molar-refractivity contribution >= 4 is 12.4 Å². The largest absolute Gasteiger partial charge is 0.444 e. The summed E-state index contributed by atoms with van der Waals surface area (Å²) in [6.07, 6.45) is 7.08. The summed E-state index contributed by atoms with van der Waals surface area (Å²) in [5, 5.41) is 0. The molecule has 0 spiro atoms. The molecule has 0 heterocycles. The molecule has 0 bridgehead atoms. The Bertz CT molecular complexity index is 301. The zero-order chi connectivity index (χ0) is 14.5. The standard InChI is InChI=1S/C15H27NO3/c1-12(11-17)16(14(18)19-15(2,3)4)13-9-7-5-6-8-10-13/h11-13H,5-10H2,1-4H3. The van der Waals surface area contributed by atoms with Gasteiger partial charge >= 0.3 is 6.09 Å². The maximum absolute atomic E-state index is 12.3. The van der Waals surface area contributed by atoms with Crippen LogP contribution in [0.2, 0.25) is 0 Å². The molecule has 0 aromatic carbocycles. The van der Waals surface area contributed by atoms with Gasteiger partial charge in [0.1, 0.15) is 11.9 Å². The smallest absolute Gasteiger partial charge is 0.411 e. The zero-order valence-corrected chi connectivity index (χ0v) is 12.6. The van der Waals surface area contributed by atoms with E-state index in [4.69, 9.17) is 4.74 Å². The summed E-state index contributed by atoms with van der Waals surface area (Å²) in [6, 6.07) is -0.282. The lowest BCUT2D eigenvalue weighted by atomic mass is 10.1. The molecule has 0 aromatic heterocycles. The fourth-order valence-corrected chi connectivity index (χ4v) is 2.56. The lowest BCUT2D eigenvalue weighted by molar-refractivity contribution is -0.113. The van der Waals surface area contributed by atoms with E-state index >= 15 is 0 Å². The molecule has 1 atom stereocenters. The molecular weight excluding hydrogens is 242 g/mol. The van der Waals surface area contributed by atoms with Crippen LogP contribution in [0.1, 0.15) is 66.2 Å². The first kappa shape index (κ1) is 16.0. The Balaban J connectivity index is 2.80. The minimum Gasteiger partial charge on any atom is -0.444 e. The molecule has 4 nitrogen and oxygen atoms in total. The topological polar surface area (TPSA) is 46.6 Å². The maximum atomic E-state index is 12.3. The fraction of sp³-hybridized carbons (Fsp3) is 0.867. The second kappa shape index (κ2) is 6.92. The number of hydrogen-bond donors (Lipinski definition) is 0. The molecule has 0 saturated heterocycles. The molecule has 0 N–H and O–H groups in total. The van der Waals surface area contributed by atoms with Crippen molar-refractivity contribution in [1.29, 1.82) is 0 Å². The molecule has 1 saturated carbocycles. The van der Waals surface area contributed by atoms with E-state index in [1.165, 1.54) is 12.8 Å². The highest BCUT2D eigenvalue weighted by Gasteiger charge is 2.32. The van der Waals surface area contributed by atoms with Gasteiger partial charge in [0.15, 0.2) is 0 Å². The Kier molecular flexibility index (Phi) is 5.83. The van der Waals surface area contributed by atoms with Gasteiger partial charge in [0, 0.05) is 6.04 Å². The van der Waals surface area contributed by atoms with Gasteiger partial charge in [-0.05, 0) is 40.5 Å². The molecule has 1 rings (SSSR count). The van der Waals surface area contributed by atoms with Crippen LogP contribution in [0.15, 0.2) is 0 Å². The van der Waals surface area contributed by atoms with Gasteiger partial charge in [0.25, 0.3) is 0 Å². The molecule has 19 heavy (non-hydrogen) atoms. The van der Waals surface area contributed by atoms with Crippen molar-refractivity contribution in [3.05, 3.63) is 0 Å². The quantitative estimate of drug-likeness (QED) is 0.581. The Morgan fingerprint density at radius 1 is 1.21 bits per heavy atom. The number of carbonyl (C=O) groups is 2. The first-order chi connectivity index (χ1) is 8.85. The van der Waals surface area contributed by atoms with Gasteiger partial charge in [0.2, 0.25) is 0 Å². The average Bonchev–Trinajstić information content (AvgIpc) is 2.55. The average molecular weight is 269 g/mol. The van der Waals surface area contributed by atoms with E-state index in [2.05, 4.69) is 0 Å². The van der Waals surface area contributed by atoms with E-state index in [1.807, 2.05) is 20.8 Å². The van der Waals surface area contributed by atoms with Crippen LogP contribution < -0.4 is 0 Å². The number of carbonyl (C=O) groups excluding carboxylic acids is 2. The van der Waals surface area contributed by atoms with Gasteiger partial charge < -0.3 is 9.53 Å². The van der Waals surface area contributed by atoms with Crippen molar-refractivity contribution in [2.45, 2.75) is 83.9 Å². The fourth-order valence-electron chi connectivity index (χ4n) is 2.56. The number of amides is 1. The van der Waals surface area contributed by atoms with Crippen LogP contribution in [0.4, 0.5) is 4.79 Å². The van der Waals surface area contributed by atoms with Gasteiger partial charge in [-0.3, -0.25) is 4.90 Å². The maximum Gasteiger partial charge on any atom is 0.411 e. The molecule has 110 valence electrons. The van der Waals surface area contributed by atoms with E-state index in [0.717, 1.165) is 32.0 Å². The summed E-state index contributed by atoms with van der Waals surface area (Å²) < 4.78 is 5.44. The SMILES string of the molecule is CC(C=O)N(C(=O)OC(C)(C)C)C1CCCCCC1. The Hall–Kier alpha value is -1.06. The van der Waals surface area contributed by atoms with Crippen molar-refractivity contribution < 1.29 is 14.3 Å². The minimum absolute atomic E-state index is 0.137. The van der Waals surface area contributed by atoms with Gasteiger partial charge in [-0.25, -0.2) is 4.79 Å². The van der Waals surface area contributed by atoms with E-state index in [-0.39, 0.29) is 12.1 Å². The molecule has 1 unspecified atom stereocenters. The van der Waals surface area contributed by atoms with Gasteiger partial charge in [-0.1, -0.05) is 25.7 Å². The van der Waals surface area contributed by atoms with Crippen molar-refractivity contribution in [3.63, 3.8) is 0 Å². The third kappa shape index (κ3) is 5.21. The predicted octanol–water partition coefficient (Wildman–Crippen LogP) is 3.53. The number of hydrogen-bond acceptors (Lipinski definition) is 3. The molecule has 0 aliphatic heterocycles. The predicted molar refractivity (Wildman–Crippen MR) is 75.1 cm³/mol. The molecule has 0 aromatic rings. The molecule has 4 heteroatoms. The van der Waals surface area contributed by atoms with Crippen LogP contribution in [0.25, 0.3) is 0 Å². The van der Waals surface area contributed by atoms with Gasteiger partial charge in [-0.15, -0.1) is 0 Å². The van der Waals surface area contributed by atoms with E-state index in [0.29, 0.717) is 0 Å². The van der Waals surface area contributed by atoms with Crippen LogP contribution in [-0.4, -0.2) is 35.0 Å². The highest BCUT2D eigenvalue weighted by molar-refractivity contribution is 5.74. The Labute approximate surface area is 116 Å². The summed E-state index contributed by atoms with van der Waals surface area (Å²) in [4.78, 5) is 25.1. The van der Waals surface area contributed by atoms with Crippen molar-refractivity contribution in [2.24, 2.45) is 0 Å². The van der Waals surface area contributed by atoms with Gasteiger partial charge in [0.05, 0.1) is 6.04 Å². The molecule has 1 fully saturated rings. The van der Waals surface area contributed by atoms with Crippen LogP contribution in [0.3, 0.4) is 0 Å². The third-order valence-corrected chi connectivity index (χ3v) is 3.46. The molecule has 1 amide bonds. The lowest BCUT2D eigenvalue weighted by Crippen LogP contribution is -2.48. The first-order valence-corrected chi connectivity index (χ1v) is 7.32. The Morgan fingerprint density at radius 2 is 1.74 bits per heavy atom. The highest BCUT2D eigenvalue weighted by atomic mass is 16.6. The summed E-state index contributed by atoms with van der Waals surface area (Å²) in [6.45, 7) is 7.31. The van der Waals surface area contributed by atoms with E-state index < -0.39 is 11.6 Å². The Morgan fingerprint density at radius 3 is 2.16 bits per heavy atom. The molecular formula is C15H27NO3. The van der Waals surface area contributed by atoms with Crippen LogP contribution in [0, 0.1) is 0 Å². The number of rotatable bonds is 3.